The largest absolute Gasteiger partial charge is 0.306 e. The van der Waals surface area contributed by atoms with Gasteiger partial charge in [0.05, 0.1) is 0 Å². The van der Waals surface area contributed by atoms with Crippen LogP contribution in [0.5, 0.6) is 0 Å². The van der Waals surface area contributed by atoms with E-state index < -0.39 is 0 Å². The summed E-state index contributed by atoms with van der Waals surface area (Å²) in [6.07, 6.45) is 12.3. The number of carbonyl (C=O) groups excluding carboxylic acids is 1. The van der Waals surface area contributed by atoms with Crippen molar-refractivity contribution in [2.75, 3.05) is 14.1 Å². The molecule has 2 nitrogen and oxygen atoms in total. The first-order valence-corrected chi connectivity index (χ1v) is 10.9. The summed E-state index contributed by atoms with van der Waals surface area (Å²) in [6, 6.07) is 0.803. The van der Waals surface area contributed by atoms with E-state index in [1.165, 1.54) is 57.8 Å². The zero-order valence-electron chi connectivity index (χ0n) is 17.2. The van der Waals surface area contributed by atoms with E-state index in [-0.39, 0.29) is 0 Å². The maximum atomic E-state index is 12.3. The fraction of sp³-hybridized carbons (Fsp3) is 0.957. The van der Waals surface area contributed by atoms with E-state index in [4.69, 9.17) is 0 Å². The molecule has 4 saturated carbocycles. The maximum absolute atomic E-state index is 12.3. The van der Waals surface area contributed by atoms with Crippen LogP contribution in [-0.2, 0) is 4.79 Å². The van der Waals surface area contributed by atoms with Crippen molar-refractivity contribution < 1.29 is 4.79 Å². The van der Waals surface area contributed by atoms with Crippen LogP contribution in [0.2, 0.25) is 0 Å². The van der Waals surface area contributed by atoms with Crippen molar-refractivity contribution in [3.63, 3.8) is 0 Å². The van der Waals surface area contributed by atoms with E-state index in [9.17, 15) is 4.79 Å². The highest BCUT2D eigenvalue weighted by molar-refractivity contribution is 5.79. The first kappa shape index (κ1) is 18.0. The second kappa shape index (κ2) is 6.08. The predicted molar refractivity (Wildman–Crippen MR) is 103 cm³/mol. The molecule has 4 aliphatic carbocycles. The molecule has 0 bridgehead atoms. The Balaban J connectivity index is 1.57. The number of nitrogens with zero attached hydrogens (tertiary/aromatic N) is 1. The minimum absolute atomic E-state index is 0.317. The number of ketones is 1. The molecular formula is C23H39NO. The first-order valence-electron chi connectivity index (χ1n) is 10.9. The quantitative estimate of drug-likeness (QED) is 0.688. The van der Waals surface area contributed by atoms with Gasteiger partial charge in [-0.2, -0.15) is 0 Å². The van der Waals surface area contributed by atoms with Gasteiger partial charge in [-0.15, -0.1) is 0 Å². The fourth-order valence-corrected chi connectivity index (χ4v) is 8.37. The van der Waals surface area contributed by atoms with Crippen LogP contribution in [-0.4, -0.2) is 30.8 Å². The highest BCUT2D eigenvalue weighted by atomic mass is 16.1. The van der Waals surface area contributed by atoms with Crippen molar-refractivity contribution >= 4 is 5.78 Å². The molecule has 0 heterocycles. The number of hydrogen-bond acceptors (Lipinski definition) is 2. The molecule has 8 atom stereocenters. The predicted octanol–water partition coefficient (Wildman–Crippen LogP) is 5.16. The summed E-state index contributed by atoms with van der Waals surface area (Å²) in [7, 11) is 4.54. The van der Waals surface area contributed by atoms with Crippen molar-refractivity contribution in [2.24, 2.45) is 40.4 Å². The van der Waals surface area contributed by atoms with Gasteiger partial charge in [0.25, 0.3) is 0 Å². The number of Topliss-reactive ketones (excluding diaryl/α,β-unsaturated/α-hetero) is 1. The number of hydrogen-bond donors (Lipinski definition) is 0. The van der Waals surface area contributed by atoms with E-state index >= 15 is 0 Å². The second-order valence-corrected chi connectivity index (χ2v) is 10.8. The van der Waals surface area contributed by atoms with Gasteiger partial charge in [0.15, 0.2) is 0 Å². The maximum Gasteiger partial charge on any atom is 0.133 e. The van der Waals surface area contributed by atoms with E-state index in [2.05, 4.69) is 32.8 Å². The molecule has 142 valence electrons. The lowest BCUT2D eigenvalue weighted by Gasteiger charge is -2.61. The van der Waals surface area contributed by atoms with Gasteiger partial charge in [0, 0.05) is 12.0 Å². The zero-order chi connectivity index (χ0) is 18.0. The molecule has 0 radical (unpaired) electrons. The van der Waals surface area contributed by atoms with Crippen LogP contribution in [0.4, 0.5) is 0 Å². The Labute approximate surface area is 155 Å². The van der Waals surface area contributed by atoms with Gasteiger partial charge in [-0.05, 0) is 113 Å². The third-order valence-electron chi connectivity index (χ3n) is 9.86. The highest BCUT2D eigenvalue weighted by Crippen LogP contribution is 2.67. The van der Waals surface area contributed by atoms with Crippen molar-refractivity contribution in [3.05, 3.63) is 0 Å². The minimum Gasteiger partial charge on any atom is -0.306 e. The van der Waals surface area contributed by atoms with Gasteiger partial charge in [-0.3, -0.25) is 4.79 Å². The third-order valence-corrected chi connectivity index (χ3v) is 9.86. The Hall–Kier alpha value is -0.370. The second-order valence-electron chi connectivity index (χ2n) is 10.8. The summed E-state index contributed by atoms with van der Waals surface area (Å²) >= 11 is 0. The number of carbonyl (C=O) groups is 1. The molecule has 0 aromatic carbocycles. The molecule has 0 amide bonds. The molecule has 2 heteroatoms. The van der Waals surface area contributed by atoms with E-state index in [1.54, 1.807) is 0 Å². The Morgan fingerprint density at radius 3 is 2.24 bits per heavy atom. The van der Waals surface area contributed by atoms with Crippen molar-refractivity contribution in [2.45, 2.75) is 84.6 Å². The van der Waals surface area contributed by atoms with Crippen molar-refractivity contribution in [1.82, 2.24) is 4.90 Å². The lowest BCUT2D eigenvalue weighted by atomic mass is 9.44. The molecule has 0 aromatic rings. The van der Waals surface area contributed by atoms with Crippen LogP contribution in [0.25, 0.3) is 0 Å². The Bertz CT molecular complexity index is 542. The fourth-order valence-electron chi connectivity index (χ4n) is 8.37. The van der Waals surface area contributed by atoms with E-state index in [0.717, 1.165) is 29.7 Å². The van der Waals surface area contributed by atoms with Gasteiger partial charge >= 0.3 is 0 Å². The van der Waals surface area contributed by atoms with Crippen molar-refractivity contribution in [3.8, 4) is 0 Å². The number of fused-ring (bicyclic) bond motifs is 5. The molecule has 0 aromatic heterocycles. The summed E-state index contributed by atoms with van der Waals surface area (Å²) in [4.78, 5) is 14.7. The topological polar surface area (TPSA) is 20.3 Å². The normalized spacial score (nSPS) is 52.4. The lowest BCUT2D eigenvalue weighted by Crippen LogP contribution is -2.55. The van der Waals surface area contributed by atoms with Crippen LogP contribution in [0.3, 0.4) is 0 Å². The molecule has 4 rings (SSSR count). The molecule has 0 unspecified atom stereocenters. The summed E-state index contributed by atoms with van der Waals surface area (Å²) < 4.78 is 0. The standard InChI is InChI=1S/C23H39NO/c1-15(25)19-8-9-20-18-7-6-16-14-17(24(4)5)10-12-22(16,2)21(18)11-13-23(19,20)3/h16-21H,6-14H2,1-5H3/t16-,17+,18-,19+,20-,21+,22+,23+/m0/s1. The highest BCUT2D eigenvalue weighted by Gasteiger charge is 2.60. The van der Waals surface area contributed by atoms with Crippen LogP contribution in [0.15, 0.2) is 0 Å². The van der Waals surface area contributed by atoms with Crippen LogP contribution in [0, 0.1) is 40.4 Å². The Morgan fingerprint density at radius 1 is 0.880 bits per heavy atom. The average Bonchev–Trinajstić information content (AvgIpc) is 2.91. The molecule has 4 aliphatic rings. The first-order chi connectivity index (χ1) is 11.8. The van der Waals surface area contributed by atoms with Crippen LogP contribution in [0.1, 0.15) is 78.6 Å². The third kappa shape index (κ3) is 2.57. The van der Waals surface area contributed by atoms with Crippen molar-refractivity contribution in [1.29, 1.82) is 0 Å². The lowest BCUT2D eigenvalue weighted by molar-refractivity contribution is -0.135. The van der Waals surface area contributed by atoms with Crippen LogP contribution < -0.4 is 0 Å². The Kier molecular flexibility index (Phi) is 4.38. The summed E-state index contributed by atoms with van der Waals surface area (Å²) in [5.41, 5.74) is 0.891. The minimum atomic E-state index is 0.317. The summed E-state index contributed by atoms with van der Waals surface area (Å²) in [6.45, 7) is 6.98. The monoisotopic (exact) mass is 345 g/mol. The molecule has 0 N–H and O–H groups in total. The molecule has 0 aliphatic heterocycles. The average molecular weight is 346 g/mol. The molecule has 0 saturated heterocycles. The van der Waals surface area contributed by atoms with Gasteiger partial charge in [0.1, 0.15) is 5.78 Å². The van der Waals surface area contributed by atoms with Gasteiger partial charge in [0.2, 0.25) is 0 Å². The SMILES string of the molecule is CC(=O)[C@H]1CC[C@H]2[C@@H]3CC[C@H]4C[C@H](N(C)C)CC[C@@]4(C)[C@@H]3CC[C@]12C. The molecule has 0 spiro atoms. The summed E-state index contributed by atoms with van der Waals surface area (Å²) in [5, 5.41) is 0. The van der Waals surface area contributed by atoms with E-state index in [0.29, 0.717) is 22.5 Å². The van der Waals surface area contributed by atoms with Gasteiger partial charge < -0.3 is 4.90 Å². The van der Waals surface area contributed by atoms with Gasteiger partial charge in [-0.1, -0.05) is 13.8 Å². The molecule has 4 fully saturated rings. The number of rotatable bonds is 2. The van der Waals surface area contributed by atoms with E-state index in [1.807, 2.05) is 6.92 Å². The molecule has 25 heavy (non-hydrogen) atoms. The summed E-state index contributed by atoms with van der Waals surface area (Å²) in [5.74, 6) is 4.41. The van der Waals surface area contributed by atoms with Crippen LogP contribution >= 0.6 is 0 Å². The zero-order valence-corrected chi connectivity index (χ0v) is 17.2. The van der Waals surface area contributed by atoms with Gasteiger partial charge in [-0.25, -0.2) is 0 Å². The molecular weight excluding hydrogens is 306 g/mol. The smallest absolute Gasteiger partial charge is 0.133 e. The Morgan fingerprint density at radius 2 is 1.56 bits per heavy atom.